The second-order valence-corrected chi connectivity index (χ2v) is 11.4. The van der Waals surface area contributed by atoms with Gasteiger partial charge in [0.1, 0.15) is 8.07 Å². The third kappa shape index (κ3) is 3.52. The monoisotopic (exact) mass is 236 g/mol. The van der Waals surface area contributed by atoms with Crippen LogP contribution in [0.1, 0.15) is 54.9 Å². The van der Waals surface area contributed by atoms with E-state index in [0.717, 1.165) is 23.0 Å². The van der Waals surface area contributed by atoms with Crippen molar-refractivity contribution in [2.45, 2.75) is 71.5 Å². The van der Waals surface area contributed by atoms with Crippen molar-refractivity contribution in [3.63, 3.8) is 0 Å². The molecule has 16 heavy (non-hydrogen) atoms. The van der Waals surface area contributed by atoms with Crippen molar-refractivity contribution in [3.05, 3.63) is 12.2 Å². The van der Waals surface area contributed by atoms with E-state index in [0.29, 0.717) is 0 Å². The summed E-state index contributed by atoms with van der Waals surface area (Å²) in [5, 5.41) is 0. The lowest BCUT2D eigenvalue weighted by atomic mass is 10.3. The first-order chi connectivity index (χ1) is 7.25. The minimum Gasteiger partial charge on any atom is -0.130 e. The van der Waals surface area contributed by atoms with E-state index in [9.17, 15) is 0 Å². The SMILES string of the molecule is C=C(C)CC#C[Si](C(C)C)(C(C)C)C(C)C. The molecule has 0 aliphatic carbocycles. The minimum atomic E-state index is -1.50. The predicted octanol–water partition coefficient (Wildman–Crippen LogP) is 5.17. The molecule has 0 bridgehead atoms. The van der Waals surface area contributed by atoms with Gasteiger partial charge in [-0.2, -0.15) is 0 Å². The van der Waals surface area contributed by atoms with E-state index >= 15 is 0 Å². The Morgan fingerprint density at radius 3 is 1.62 bits per heavy atom. The van der Waals surface area contributed by atoms with Crippen LogP contribution >= 0.6 is 0 Å². The van der Waals surface area contributed by atoms with Crippen molar-refractivity contribution in [1.29, 1.82) is 0 Å². The summed E-state index contributed by atoms with van der Waals surface area (Å²) in [6, 6.07) is 0. The fourth-order valence-corrected chi connectivity index (χ4v) is 8.04. The average Bonchev–Trinajstić information content (AvgIpc) is 2.09. The summed E-state index contributed by atoms with van der Waals surface area (Å²) in [5.41, 5.74) is 7.04. The summed E-state index contributed by atoms with van der Waals surface area (Å²) in [6.45, 7) is 20.1. The molecule has 92 valence electrons. The summed E-state index contributed by atoms with van der Waals surface area (Å²) in [7, 11) is -1.50. The van der Waals surface area contributed by atoms with Crippen molar-refractivity contribution in [3.8, 4) is 11.5 Å². The lowest BCUT2D eigenvalue weighted by Gasteiger charge is -2.38. The van der Waals surface area contributed by atoms with E-state index in [1.54, 1.807) is 0 Å². The first-order valence-corrected chi connectivity index (χ1v) is 8.62. The first kappa shape index (κ1) is 15.5. The normalized spacial score (nSPS) is 11.9. The van der Waals surface area contributed by atoms with Crippen LogP contribution in [0.4, 0.5) is 0 Å². The summed E-state index contributed by atoms with van der Waals surface area (Å²) in [5.74, 6) is 3.38. The van der Waals surface area contributed by atoms with E-state index in [-0.39, 0.29) is 0 Å². The highest BCUT2D eigenvalue weighted by atomic mass is 28.3. The molecule has 0 fully saturated rings. The van der Waals surface area contributed by atoms with E-state index in [4.69, 9.17) is 0 Å². The Bertz CT molecular complexity index is 265. The van der Waals surface area contributed by atoms with Crippen molar-refractivity contribution in [1.82, 2.24) is 0 Å². The molecule has 0 aliphatic heterocycles. The van der Waals surface area contributed by atoms with Gasteiger partial charge in [-0.25, -0.2) is 0 Å². The Labute approximate surface area is 104 Å². The maximum Gasteiger partial charge on any atom is 0.145 e. The van der Waals surface area contributed by atoms with Gasteiger partial charge in [-0.15, -0.1) is 11.5 Å². The van der Waals surface area contributed by atoms with Crippen molar-refractivity contribution in [2.24, 2.45) is 0 Å². The molecule has 0 aliphatic rings. The van der Waals surface area contributed by atoms with Crippen molar-refractivity contribution < 1.29 is 0 Å². The third-order valence-electron chi connectivity index (χ3n) is 3.56. The lowest BCUT2D eigenvalue weighted by Crippen LogP contribution is -2.43. The van der Waals surface area contributed by atoms with Crippen LogP contribution in [0.3, 0.4) is 0 Å². The van der Waals surface area contributed by atoms with Crippen molar-refractivity contribution in [2.75, 3.05) is 0 Å². The molecule has 0 rings (SSSR count). The van der Waals surface area contributed by atoms with E-state index in [1.807, 2.05) is 0 Å². The van der Waals surface area contributed by atoms with Gasteiger partial charge in [0.05, 0.1) is 0 Å². The molecule has 0 spiro atoms. The zero-order chi connectivity index (χ0) is 12.9. The molecule has 0 amide bonds. The molecule has 0 radical (unpaired) electrons. The van der Waals surface area contributed by atoms with Gasteiger partial charge in [-0.1, -0.05) is 53.7 Å². The largest absolute Gasteiger partial charge is 0.145 e. The highest BCUT2D eigenvalue weighted by Crippen LogP contribution is 2.40. The van der Waals surface area contributed by atoms with Crippen molar-refractivity contribution >= 4 is 8.07 Å². The smallest absolute Gasteiger partial charge is 0.130 e. The Balaban J connectivity index is 5.18. The Morgan fingerprint density at radius 2 is 1.38 bits per heavy atom. The molecule has 0 saturated heterocycles. The van der Waals surface area contributed by atoms with Crippen LogP contribution in [0, 0.1) is 11.5 Å². The average molecular weight is 236 g/mol. The number of allylic oxidation sites excluding steroid dienone is 1. The Kier molecular flexibility index (Phi) is 6.11. The molecule has 0 aromatic heterocycles. The van der Waals surface area contributed by atoms with E-state index in [2.05, 4.69) is 66.5 Å². The van der Waals surface area contributed by atoms with Gasteiger partial charge >= 0.3 is 0 Å². The minimum absolute atomic E-state index is 0.727. The van der Waals surface area contributed by atoms with Gasteiger partial charge in [0.15, 0.2) is 0 Å². The van der Waals surface area contributed by atoms with E-state index in [1.165, 1.54) is 5.57 Å². The highest BCUT2D eigenvalue weighted by molar-refractivity contribution is 6.90. The fraction of sp³-hybridized carbons (Fsp3) is 0.733. The molecule has 0 atom stereocenters. The van der Waals surface area contributed by atoms with Gasteiger partial charge in [-0.3, -0.25) is 0 Å². The maximum absolute atomic E-state index is 3.92. The summed E-state index contributed by atoms with van der Waals surface area (Å²) < 4.78 is 0. The molecule has 0 aromatic carbocycles. The van der Waals surface area contributed by atoms with Crippen LogP contribution < -0.4 is 0 Å². The fourth-order valence-electron chi connectivity index (χ4n) is 2.78. The predicted molar refractivity (Wildman–Crippen MR) is 78.3 cm³/mol. The van der Waals surface area contributed by atoms with E-state index < -0.39 is 8.07 Å². The summed E-state index contributed by atoms with van der Waals surface area (Å²) >= 11 is 0. The zero-order valence-electron chi connectivity index (χ0n) is 12.1. The molecule has 1 heteroatoms. The summed E-state index contributed by atoms with van der Waals surface area (Å²) in [6.07, 6.45) is 0.862. The third-order valence-corrected chi connectivity index (χ3v) is 9.90. The maximum atomic E-state index is 3.92. The number of hydrogen-bond donors (Lipinski definition) is 0. The Morgan fingerprint density at radius 1 is 1.00 bits per heavy atom. The second-order valence-electron chi connectivity index (χ2n) is 5.83. The molecular weight excluding hydrogens is 208 g/mol. The Hall–Kier alpha value is -0.483. The van der Waals surface area contributed by atoms with Gasteiger partial charge in [0.25, 0.3) is 0 Å². The summed E-state index contributed by atoms with van der Waals surface area (Å²) in [4.78, 5) is 0. The van der Waals surface area contributed by atoms with Crippen LogP contribution in [-0.2, 0) is 0 Å². The highest BCUT2D eigenvalue weighted by Gasteiger charge is 2.41. The number of rotatable bonds is 4. The van der Waals surface area contributed by atoms with Crippen LogP contribution in [0.2, 0.25) is 16.6 Å². The lowest BCUT2D eigenvalue weighted by molar-refractivity contribution is 0.838. The zero-order valence-corrected chi connectivity index (χ0v) is 13.1. The molecule has 0 nitrogen and oxygen atoms in total. The van der Waals surface area contributed by atoms with Gasteiger partial charge in [0, 0.05) is 6.42 Å². The standard InChI is InChI=1S/C15H28Si/c1-12(2)10-9-11-16(13(3)4,14(5)6)15(7)8/h13-15H,1,10H2,2-8H3. The van der Waals surface area contributed by atoms with Crippen LogP contribution in [-0.4, -0.2) is 8.07 Å². The number of hydrogen-bond acceptors (Lipinski definition) is 0. The topological polar surface area (TPSA) is 0 Å². The van der Waals surface area contributed by atoms with Gasteiger partial charge < -0.3 is 0 Å². The van der Waals surface area contributed by atoms with Gasteiger partial charge in [0.2, 0.25) is 0 Å². The molecular formula is C15H28Si. The molecule has 0 N–H and O–H groups in total. The van der Waals surface area contributed by atoms with Crippen LogP contribution in [0.5, 0.6) is 0 Å². The molecule has 0 saturated carbocycles. The quantitative estimate of drug-likeness (QED) is 0.359. The molecule has 0 heterocycles. The van der Waals surface area contributed by atoms with Crippen LogP contribution in [0.25, 0.3) is 0 Å². The molecule has 0 aromatic rings. The van der Waals surface area contributed by atoms with Crippen LogP contribution in [0.15, 0.2) is 12.2 Å². The molecule has 0 unspecified atom stereocenters. The van der Waals surface area contributed by atoms with Gasteiger partial charge in [-0.05, 0) is 23.5 Å². The second kappa shape index (κ2) is 6.30. The first-order valence-electron chi connectivity index (χ1n) is 6.39.